The summed E-state index contributed by atoms with van der Waals surface area (Å²) in [5, 5.41) is 0. The molecule has 1 aromatic carbocycles. The molecule has 0 aliphatic carbocycles. The molecule has 82 valence electrons. The van der Waals surface area contributed by atoms with E-state index >= 15 is 0 Å². The topological polar surface area (TPSA) is 34.9 Å². The maximum atomic E-state index is 12.2. The zero-order valence-electron chi connectivity index (χ0n) is 9.47. The third-order valence-electron chi connectivity index (χ3n) is 2.65. The number of rotatable bonds is 3. The van der Waals surface area contributed by atoms with Crippen molar-refractivity contribution in [3.8, 4) is 0 Å². The fourth-order valence-electron chi connectivity index (χ4n) is 1.72. The predicted octanol–water partition coefficient (Wildman–Crippen LogP) is 2.44. The van der Waals surface area contributed by atoms with Gasteiger partial charge in [-0.2, -0.15) is 0 Å². The first kappa shape index (κ1) is 10.6. The lowest BCUT2D eigenvalue weighted by Crippen LogP contribution is -2.11. The number of hydrogen-bond donors (Lipinski definition) is 0. The number of nitrogens with zero attached hydrogens (tertiary/aromatic N) is 2. The normalized spacial score (nSPS) is 10.4. The number of ketones is 1. The van der Waals surface area contributed by atoms with Gasteiger partial charge in [-0.25, -0.2) is 4.98 Å². The van der Waals surface area contributed by atoms with Crippen LogP contribution in [0.5, 0.6) is 0 Å². The monoisotopic (exact) mass is 214 g/mol. The Morgan fingerprint density at radius 1 is 1.38 bits per heavy atom. The largest absolute Gasteiger partial charge is 0.328 e. The third-order valence-corrected chi connectivity index (χ3v) is 2.65. The van der Waals surface area contributed by atoms with Crippen molar-refractivity contribution in [2.45, 2.75) is 20.4 Å². The Bertz CT molecular complexity index is 514. The molecule has 3 heteroatoms. The highest BCUT2D eigenvalue weighted by Crippen LogP contribution is 2.12. The Hall–Kier alpha value is -1.90. The first-order valence-electron chi connectivity index (χ1n) is 5.35. The molecule has 0 amide bonds. The first-order chi connectivity index (χ1) is 7.74. The van der Waals surface area contributed by atoms with E-state index in [2.05, 4.69) is 4.98 Å². The maximum Gasteiger partial charge on any atom is 0.228 e. The zero-order chi connectivity index (χ0) is 11.5. The van der Waals surface area contributed by atoms with Gasteiger partial charge >= 0.3 is 0 Å². The van der Waals surface area contributed by atoms with E-state index in [9.17, 15) is 4.79 Å². The molecule has 0 saturated carbocycles. The van der Waals surface area contributed by atoms with Crippen LogP contribution in [0, 0.1) is 6.92 Å². The average Bonchev–Trinajstić information content (AvgIpc) is 2.77. The first-order valence-corrected chi connectivity index (χ1v) is 5.35. The van der Waals surface area contributed by atoms with Crippen LogP contribution in [0.15, 0.2) is 36.7 Å². The van der Waals surface area contributed by atoms with Crippen molar-refractivity contribution in [1.82, 2.24) is 9.55 Å². The lowest BCUT2D eigenvalue weighted by molar-refractivity contribution is 0.102. The van der Waals surface area contributed by atoms with Crippen LogP contribution in [0.4, 0.5) is 0 Å². The Labute approximate surface area is 94.7 Å². The number of imidazole rings is 1. The molecule has 0 fully saturated rings. The summed E-state index contributed by atoms with van der Waals surface area (Å²) in [6.45, 7) is 4.69. The van der Waals surface area contributed by atoms with Crippen LogP contribution in [0.2, 0.25) is 0 Å². The lowest BCUT2D eigenvalue weighted by atomic mass is 10.0. The number of hydrogen-bond acceptors (Lipinski definition) is 2. The van der Waals surface area contributed by atoms with Crippen LogP contribution in [0.1, 0.15) is 28.7 Å². The second-order valence-corrected chi connectivity index (χ2v) is 3.68. The van der Waals surface area contributed by atoms with Gasteiger partial charge < -0.3 is 4.57 Å². The van der Waals surface area contributed by atoms with Gasteiger partial charge in [0.15, 0.2) is 5.82 Å². The number of carbonyl (C=O) groups is 1. The Balaban J connectivity index is 2.44. The molecule has 0 atom stereocenters. The molecule has 0 saturated heterocycles. The fraction of sp³-hybridized carbons (Fsp3) is 0.231. The van der Waals surface area contributed by atoms with Crippen LogP contribution < -0.4 is 0 Å². The van der Waals surface area contributed by atoms with E-state index in [1.165, 1.54) is 0 Å². The van der Waals surface area contributed by atoms with Crippen molar-refractivity contribution in [2.75, 3.05) is 0 Å². The molecule has 0 unspecified atom stereocenters. The van der Waals surface area contributed by atoms with Crippen molar-refractivity contribution in [3.63, 3.8) is 0 Å². The van der Waals surface area contributed by atoms with Crippen LogP contribution in [-0.4, -0.2) is 15.3 Å². The standard InChI is InChI=1S/C13H14N2O/c1-3-15-9-8-14-13(15)12(16)11-7-5-4-6-10(11)2/h4-9H,3H2,1-2H3. The minimum atomic E-state index is -0.00931. The maximum absolute atomic E-state index is 12.2. The molecular weight excluding hydrogens is 200 g/mol. The van der Waals surface area contributed by atoms with E-state index in [1.807, 2.05) is 48.9 Å². The van der Waals surface area contributed by atoms with E-state index in [-0.39, 0.29) is 5.78 Å². The molecule has 2 rings (SSSR count). The van der Waals surface area contributed by atoms with Crippen LogP contribution in [-0.2, 0) is 6.54 Å². The van der Waals surface area contributed by atoms with E-state index in [0.717, 1.165) is 17.7 Å². The third kappa shape index (κ3) is 1.76. The van der Waals surface area contributed by atoms with Crippen molar-refractivity contribution < 1.29 is 4.79 Å². The van der Waals surface area contributed by atoms with Gasteiger partial charge in [0.2, 0.25) is 5.78 Å². The summed E-state index contributed by atoms with van der Waals surface area (Å²) in [5.74, 6) is 0.502. The van der Waals surface area contributed by atoms with E-state index < -0.39 is 0 Å². The molecule has 0 radical (unpaired) electrons. The second kappa shape index (κ2) is 4.31. The number of carbonyl (C=O) groups excluding carboxylic acids is 1. The van der Waals surface area contributed by atoms with Gasteiger partial charge in [0.25, 0.3) is 0 Å². The van der Waals surface area contributed by atoms with E-state index in [1.54, 1.807) is 6.20 Å². The van der Waals surface area contributed by atoms with Gasteiger partial charge in [-0.05, 0) is 19.4 Å². The molecule has 2 aromatic rings. The molecule has 0 aliphatic rings. The fourth-order valence-corrected chi connectivity index (χ4v) is 1.72. The van der Waals surface area contributed by atoms with Gasteiger partial charge in [0.1, 0.15) is 0 Å². The minimum Gasteiger partial charge on any atom is -0.328 e. The molecule has 1 aromatic heterocycles. The summed E-state index contributed by atoms with van der Waals surface area (Å²) in [5.41, 5.74) is 1.71. The van der Waals surface area contributed by atoms with Gasteiger partial charge in [-0.1, -0.05) is 24.3 Å². The van der Waals surface area contributed by atoms with E-state index in [0.29, 0.717) is 5.82 Å². The van der Waals surface area contributed by atoms with Crippen LogP contribution in [0.25, 0.3) is 0 Å². The summed E-state index contributed by atoms with van der Waals surface area (Å²) >= 11 is 0. The molecule has 0 spiro atoms. The second-order valence-electron chi connectivity index (χ2n) is 3.68. The molecule has 0 bridgehead atoms. The van der Waals surface area contributed by atoms with Gasteiger partial charge in [0, 0.05) is 24.5 Å². The Kier molecular flexibility index (Phi) is 2.86. The summed E-state index contributed by atoms with van der Waals surface area (Å²) < 4.78 is 1.86. The summed E-state index contributed by atoms with van der Waals surface area (Å²) in [7, 11) is 0. The molecule has 1 heterocycles. The van der Waals surface area contributed by atoms with Crippen LogP contribution in [0.3, 0.4) is 0 Å². The van der Waals surface area contributed by atoms with E-state index in [4.69, 9.17) is 0 Å². The highest BCUT2D eigenvalue weighted by molar-refractivity contribution is 6.07. The summed E-state index contributed by atoms with van der Waals surface area (Å²) in [4.78, 5) is 16.3. The highest BCUT2D eigenvalue weighted by Gasteiger charge is 2.15. The minimum absolute atomic E-state index is 0.00931. The SMILES string of the molecule is CCn1ccnc1C(=O)c1ccccc1C. The van der Waals surface area contributed by atoms with Crippen molar-refractivity contribution in [3.05, 3.63) is 53.6 Å². The highest BCUT2D eigenvalue weighted by atomic mass is 16.1. The Morgan fingerprint density at radius 3 is 2.81 bits per heavy atom. The predicted molar refractivity (Wildman–Crippen MR) is 62.5 cm³/mol. The lowest BCUT2D eigenvalue weighted by Gasteiger charge is -2.05. The van der Waals surface area contributed by atoms with Crippen LogP contribution >= 0.6 is 0 Å². The van der Waals surface area contributed by atoms with Crippen molar-refractivity contribution >= 4 is 5.78 Å². The average molecular weight is 214 g/mol. The molecule has 0 aliphatic heterocycles. The smallest absolute Gasteiger partial charge is 0.228 e. The Morgan fingerprint density at radius 2 is 2.12 bits per heavy atom. The number of aryl methyl sites for hydroxylation is 2. The zero-order valence-corrected chi connectivity index (χ0v) is 9.47. The molecular formula is C13H14N2O. The summed E-state index contributed by atoms with van der Waals surface area (Å²) in [6.07, 6.45) is 3.49. The number of benzene rings is 1. The quantitative estimate of drug-likeness (QED) is 0.735. The molecule has 16 heavy (non-hydrogen) atoms. The van der Waals surface area contributed by atoms with Gasteiger partial charge in [0.05, 0.1) is 0 Å². The van der Waals surface area contributed by atoms with Crippen molar-refractivity contribution in [2.24, 2.45) is 0 Å². The van der Waals surface area contributed by atoms with Gasteiger partial charge in [-0.3, -0.25) is 4.79 Å². The summed E-state index contributed by atoms with van der Waals surface area (Å²) in [6, 6.07) is 7.58. The van der Waals surface area contributed by atoms with Crippen molar-refractivity contribution in [1.29, 1.82) is 0 Å². The molecule has 0 N–H and O–H groups in total. The van der Waals surface area contributed by atoms with Gasteiger partial charge in [-0.15, -0.1) is 0 Å². The number of aromatic nitrogens is 2. The molecule has 3 nitrogen and oxygen atoms in total.